The van der Waals surface area contributed by atoms with Gasteiger partial charge in [0.15, 0.2) is 5.13 Å². The van der Waals surface area contributed by atoms with Crippen molar-refractivity contribution in [1.82, 2.24) is 4.98 Å². The summed E-state index contributed by atoms with van der Waals surface area (Å²) >= 11 is 1.56. The Kier molecular flexibility index (Phi) is 4.02. The Morgan fingerprint density at radius 2 is 2.31 bits per heavy atom. The fourth-order valence-electron chi connectivity index (χ4n) is 1.16. The fraction of sp³-hybridized carbons (Fsp3) is 0.667. The van der Waals surface area contributed by atoms with Gasteiger partial charge in [-0.3, -0.25) is 0 Å². The van der Waals surface area contributed by atoms with Gasteiger partial charge >= 0.3 is 0 Å². The maximum Gasteiger partial charge on any atom is 0.187 e. The third-order valence-corrected chi connectivity index (χ3v) is 2.83. The Hall–Kier alpha value is -0.770. The van der Waals surface area contributed by atoms with Gasteiger partial charge in [0, 0.05) is 13.1 Å². The van der Waals surface area contributed by atoms with Gasteiger partial charge in [-0.25, -0.2) is 4.98 Å². The van der Waals surface area contributed by atoms with E-state index < -0.39 is 0 Å². The van der Waals surface area contributed by atoms with Crippen LogP contribution >= 0.6 is 11.3 Å². The molecule has 13 heavy (non-hydrogen) atoms. The van der Waals surface area contributed by atoms with Crippen LogP contribution in [-0.2, 0) is 0 Å². The molecule has 0 bridgehead atoms. The van der Waals surface area contributed by atoms with E-state index >= 15 is 0 Å². The number of hydrogen-bond acceptors (Lipinski definition) is 4. The monoisotopic (exact) mass is 199 g/mol. The summed E-state index contributed by atoms with van der Waals surface area (Å²) in [6, 6.07) is 0. The molecule has 0 aromatic carbocycles. The number of nitrogen functional groups attached to an aromatic ring is 1. The zero-order valence-corrected chi connectivity index (χ0v) is 9.10. The van der Waals surface area contributed by atoms with E-state index in [0.717, 1.165) is 23.2 Å². The van der Waals surface area contributed by atoms with Crippen molar-refractivity contribution in [2.75, 3.05) is 23.7 Å². The van der Waals surface area contributed by atoms with Gasteiger partial charge in [-0.2, -0.15) is 0 Å². The normalized spacial score (nSPS) is 10.3. The molecule has 74 valence electrons. The highest BCUT2D eigenvalue weighted by Gasteiger charge is 2.06. The van der Waals surface area contributed by atoms with E-state index in [1.807, 2.05) is 0 Å². The summed E-state index contributed by atoms with van der Waals surface area (Å²) in [7, 11) is 0. The predicted molar refractivity (Wildman–Crippen MR) is 59.3 cm³/mol. The lowest BCUT2D eigenvalue weighted by Gasteiger charge is -2.18. The molecule has 0 fully saturated rings. The molecule has 0 atom stereocenters. The van der Waals surface area contributed by atoms with E-state index in [1.54, 1.807) is 17.5 Å². The van der Waals surface area contributed by atoms with Crippen LogP contribution in [0.5, 0.6) is 0 Å². The minimum Gasteiger partial charge on any atom is -0.389 e. The van der Waals surface area contributed by atoms with Gasteiger partial charge in [0.05, 0.1) is 6.20 Å². The van der Waals surface area contributed by atoms with Crippen LogP contribution in [0.1, 0.15) is 26.7 Å². The Balaban J connectivity index is 2.56. The van der Waals surface area contributed by atoms with Crippen molar-refractivity contribution in [1.29, 1.82) is 0 Å². The van der Waals surface area contributed by atoms with E-state index in [1.165, 1.54) is 12.8 Å². The highest BCUT2D eigenvalue weighted by Crippen LogP contribution is 2.23. The number of hydrogen-bond donors (Lipinski definition) is 1. The molecule has 0 saturated carbocycles. The molecule has 0 aliphatic heterocycles. The van der Waals surface area contributed by atoms with Gasteiger partial charge in [0.1, 0.15) is 5.00 Å². The Morgan fingerprint density at radius 3 is 2.77 bits per heavy atom. The zero-order valence-electron chi connectivity index (χ0n) is 8.29. The number of nitrogens with two attached hydrogens (primary N) is 1. The summed E-state index contributed by atoms with van der Waals surface area (Å²) in [5, 5.41) is 1.85. The highest BCUT2D eigenvalue weighted by molar-refractivity contribution is 7.19. The zero-order chi connectivity index (χ0) is 9.68. The standard InChI is InChI=1S/C9H17N3S/c1-3-5-6-12(4-2)9-11-7-8(10)13-9/h7H,3-6,10H2,1-2H3. The Morgan fingerprint density at radius 1 is 1.54 bits per heavy atom. The van der Waals surface area contributed by atoms with Crippen molar-refractivity contribution in [3.05, 3.63) is 6.20 Å². The van der Waals surface area contributed by atoms with Gasteiger partial charge < -0.3 is 10.6 Å². The van der Waals surface area contributed by atoms with Gasteiger partial charge in [0.2, 0.25) is 0 Å². The maximum absolute atomic E-state index is 5.63. The first-order chi connectivity index (χ1) is 6.27. The van der Waals surface area contributed by atoms with E-state index in [0.29, 0.717) is 0 Å². The third-order valence-electron chi connectivity index (χ3n) is 1.95. The van der Waals surface area contributed by atoms with Gasteiger partial charge in [-0.15, -0.1) is 0 Å². The minimum absolute atomic E-state index is 0.796. The minimum atomic E-state index is 0.796. The lowest BCUT2D eigenvalue weighted by Crippen LogP contribution is -2.23. The van der Waals surface area contributed by atoms with Crippen molar-refractivity contribution in [3.8, 4) is 0 Å². The number of aromatic nitrogens is 1. The van der Waals surface area contributed by atoms with Crippen LogP contribution in [0.15, 0.2) is 6.20 Å². The van der Waals surface area contributed by atoms with Crippen LogP contribution in [-0.4, -0.2) is 18.1 Å². The number of rotatable bonds is 5. The smallest absolute Gasteiger partial charge is 0.187 e. The molecule has 0 spiro atoms. The molecular formula is C9H17N3S. The lowest BCUT2D eigenvalue weighted by molar-refractivity contribution is 0.730. The largest absolute Gasteiger partial charge is 0.389 e. The first-order valence-electron chi connectivity index (χ1n) is 4.74. The molecule has 1 heterocycles. The van der Waals surface area contributed by atoms with E-state index in [2.05, 4.69) is 23.7 Å². The maximum atomic E-state index is 5.63. The van der Waals surface area contributed by atoms with E-state index in [4.69, 9.17) is 5.73 Å². The quantitative estimate of drug-likeness (QED) is 0.791. The Labute approximate surface area is 83.6 Å². The second-order valence-corrected chi connectivity index (χ2v) is 4.02. The summed E-state index contributed by atoms with van der Waals surface area (Å²) in [6.07, 6.45) is 4.17. The molecule has 2 N–H and O–H groups in total. The topological polar surface area (TPSA) is 42.2 Å². The molecule has 1 aromatic rings. The summed E-state index contributed by atoms with van der Waals surface area (Å²) < 4.78 is 0. The van der Waals surface area contributed by atoms with Crippen LogP contribution in [0.25, 0.3) is 0 Å². The number of thiazole rings is 1. The molecule has 0 aliphatic carbocycles. The van der Waals surface area contributed by atoms with E-state index in [9.17, 15) is 0 Å². The highest BCUT2D eigenvalue weighted by atomic mass is 32.1. The molecule has 3 nitrogen and oxygen atoms in total. The molecule has 1 aromatic heterocycles. The van der Waals surface area contributed by atoms with Crippen LogP contribution in [0, 0.1) is 0 Å². The second-order valence-electron chi connectivity index (χ2n) is 2.98. The lowest BCUT2D eigenvalue weighted by atomic mass is 10.3. The average molecular weight is 199 g/mol. The molecule has 0 unspecified atom stereocenters. The predicted octanol–water partition coefficient (Wildman–Crippen LogP) is 2.35. The van der Waals surface area contributed by atoms with Crippen molar-refractivity contribution >= 4 is 21.5 Å². The SMILES string of the molecule is CCCCN(CC)c1ncc(N)s1. The average Bonchev–Trinajstić information content (AvgIpc) is 2.54. The first-order valence-corrected chi connectivity index (χ1v) is 5.55. The molecule has 0 radical (unpaired) electrons. The van der Waals surface area contributed by atoms with E-state index in [-0.39, 0.29) is 0 Å². The summed E-state index contributed by atoms with van der Waals surface area (Å²) in [6.45, 7) is 6.43. The van der Waals surface area contributed by atoms with Crippen molar-refractivity contribution in [2.24, 2.45) is 0 Å². The number of anilines is 2. The molecule has 1 rings (SSSR count). The molecule has 0 saturated heterocycles. The van der Waals surface area contributed by atoms with Gasteiger partial charge in [-0.05, 0) is 13.3 Å². The summed E-state index contributed by atoms with van der Waals surface area (Å²) in [4.78, 5) is 6.53. The van der Waals surface area contributed by atoms with Crippen LogP contribution in [0.2, 0.25) is 0 Å². The molecular weight excluding hydrogens is 182 g/mol. The van der Waals surface area contributed by atoms with Crippen molar-refractivity contribution in [3.63, 3.8) is 0 Å². The number of nitrogens with zero attached hydrogens (tertiary/aromatic N) is 2. The second kappa shape index (κ2) is 5.07. The third kappa shape index (κ3) is 2.88. The van der Waals surface area contributed by atoms with Crippen LogP contribution < -0.4 is 10.6 Å². The molecule has 0 amide bonds. The summed E-state index contributed by atoms with van der Waals surface area (Å²) in [5.41, 5.74) is 5.63. The van der Waals surface area contributed by atoms with Crippen molar-refractivity contribution in [2.45, 2.75) is 26.7 Å². The van der Waals surface area contributed by atoms with Crippen molar-refractivity contribution < 1.29 is 0 Å². The van der Waals surface area contributed by atoms with Gasteiger partial charge in [0.25, 0.3) is 0 Å². The fourth-order valence-corrected chi connectivity index (χ4v) is 1.93. The van der Waals surface area contributed by atoms with Crippen LogP contribution in [0.4, 0.5) is 10.1 Å². The number of unbranched alkanes of at least 4 members (excludes halogenated alkanes) is 1. The van der Waals surface area contributed by atoms with Gasteiger partial charge in [-0.1, -0.05) is 24.7 Å². The Bertz CT molecular complexity index is 247. The summed E-state index contributed by atoms with van der Waals surface area (Å²) in [5.74, 6) is 0. The first kappa shape index (κ1) is 10.3. The molecule has 4 heteroatoms. The molecule has 0 aliphatic rings. The van der Waals surface area contributed by atoms with Crippen LogP contribution in [0.3, 0.4) is 0 Å².